The minimum atomic E-state index is -0.173. The Morgan fingerprint density at radius 2 is 2.46 bits per heavy atom. The van der Waals surface area contributed by atoms with Crippen LogP contribution in [0.4, 0.5) is 0 Å². The van der Waals surface area contributed by atoms with Crippen molar-refractivity contribution in [2.45, 2.75) is 26.2 Å². The third-order valence-corrected chi connectivity index (χ3v) is 2.69. The summed E-state index contributed by atoms with van der Waals surface area (Å²) in [6.45, 7) is 2.07. The maximum absolute atomic E-state index is 10.8. The van der Waals surface area contributed by atoms with Gasteiger partial charge in [0.2, 0.25) is 0 Å². The van der Waals surface area contributed by atoms with E-state index in [-0.39, 0.29) is 5.97 Å². The molecular formula is C9H13NO2S. The molecule has 1 rings (SSSR count). The molecule has 0 atom stereocenters. The van der Waals surface area contributed by atoms with Crippen LogP contribution in [0.15, 0.2) is 5.38 Å². The molecule has 0 bridgehead atoms. The molecule has 0 aliphatic carbocycles. The first-order valence-corrected chi connectivity index (χ1v) is 5.14. The summed E-state index contributed by atoms with van der Waals surface area (Å²) >= 11 is 1.61. The van der Waals surface area contributed by atoms with Gasteiger partial charge in [-0.1, -0.05) is 6.92 Å². The van der Waals surface area contributed by atoms with Crippen LogP contribution in [0.2, 0.25) is 0 Å². The Hall–Kier alpha value is -0.900. The van der Waals surface area contributed by atoms with Crippen molar-refractivity contribution in [3.63, 3.8) is 0 Å². The van der Waals surface area contributed by atoms with Gasteiger partial charge >= 0.3 is 5.97 Å². The van der Waals surface area contributed by atoms with Gasteiger partial charge in [-0.3, -0.25) is 4.79 Å². The van der Waals surface area contributed by atoms with E-state index in [1.54, 1.807) is 11.3 Å². The van der Waals surface area contributed by atoms with Gasteiger partial charge in [-0.2, -0.15) is 0 Å². The zero-order valence-corrected chi connectivity index (χ0v) is 8.69. The average molecular weight is 199 g/mol. The summed E-state index contributed by atoms with van der Waals surface area (Å²) in [5.74, 6) is -0.173. The van der Waals surface area contributed by atoms with E-state index in [0.717, 1.165) is 17.1 Å². The first-order chi connectivity index (χ1) is 6.26. The van der Waals surface area contributed by atoms with Crippen LogP contribution in [-0.2, 0) is 22.4 Å². The number of aryl methyl sites for hydroxylation is 2. The van der Waals surface area contributed by atoms with Gasteiger partial charge in [-0.05, 0) is 6.42 Å². The van der Waals surface area contributed by atoms with E-state index in [1.165, 1.54) is 7.11 Å². The molecule has 1 heterocycles. The molecule has 0 fully saturated rings. The molecule has 4 heteroatoms. The lowest BCUT2D eigenvalue weighted by atomic mass is 10.3. The van der Waals surface area contributed by atoms with E-state index in [4.69, 9.17) is 0 Å². The van der Waals surface area contributed by atoms with E-state index in [9.17, 15) is 4.79 Å². The molecule has 0 spiro atoms. The van der Waals surface area contributed by atoms with Gasteiger partial charge < -0.3 is 4.74 Å². The van der Waals surface area contributed by atoms with Crippen molar-refractivity contribution in [1.82, 2.24) is 4.98 Å². The van der Waals surface area contributed by atoms with Crippen molar-refractivity contribution >= 4 is 17.3 Å². The Morgan fingerprint density at radius 3 is 3.00 bits per heavy atom. The number of aromatic nitrogens is 1. The fourth-order valence-electron chi connectivity index (χ4n) is 0.937. The monoisotopic (exact) mass is 199 g/mol. The summed E-state index contributed by atoms with van der Waals surface area (Å²) in [7, 11) is 1.40. The van der Waals surface area contributed by atoms with Crippen LogP contribution in [0.1, 0.15) is 24.0 Å². The first-order valence-electron chi connectivity index (χ1n) is 4.26. The van der Waals surface area contributed by atoms with Crippen LogP contribution < -0.4 is 0 Å². The molecule has 0 aliphatic heterocycles. The third kappa shape index (κ3) is 3.14. The highest BCUT2D eigenvalue weighted by molar-refractivity contribution is 7.09. The normalized spacial score (nSPS) is 10.0. The number of carbonyl (C=O) groups excluding carboxylic acids is 1. The lowest BCUT2D eigenvalue weighted by molar-refractivity contribution is -0.140. The highest BCUT2D eigenvalue weighted by Crippen LogP contribution is 2.12. The standard InChI is InChI=1S/C9H13NO2S/c1-3-7-6-13-8(10-7)4-5-9(11)12-2/h6H,3-5H2,1-2H3. The number of thiazole rings is 1. The molecule has 0 N–H and O–H groups in total. The molecule has 0 amide bonds. The number of methoxy groups -OCH3 is 1. The number of hydrogen-bond acceptors (Lipinski definition) is 4. The van der Waals surface area contributed by atoms with E-state index in [1.807, 2.05) is 5.38 Å². The van der Waals surface area contributed by atoms with Crippen LogP contribution >= 0.6 is 11.3 Å². The number of rotatable bonds is 4. The van der Waals surface area contributed by atoms with Crippen molar-refractivity contribution in [3.05, 3.63) is 16.1 Å². The molecule has 1 aromatic rings. The summed E-state index contributed by atoms with van der Waals surface area (Å²) in [6, 6.07) is 0. The van der Waals surface area contributed by atoms with Gasteiger partial charge in [-0.15, -0.1) is 11.3 Å². The topological polar surface area (TPSA) is 39.2 Å². The molecule has 0 radical (unpaired) electrons. The second-order valence-corrected chi connectivity index (χ2v) is 3.60. The van der Waals surface area contributed by atoms with Gasteiger partial charge in [0.1, 0.15) is 0 Å². The number of ether oxygens (including phenoxy) is 1. The molecule has 0 aliphatic rings. The zero-order valence-electron chi connectivity index (χ0n) is 7.87. The predicted octanol–water partition coefficient (Wildman–Crippen LogP) is 1.81. The highest BCUT2D eigenvalue weighted by atomic mass is 32.1. The lowest BCUT2D eigenvalue weighted by Crippen LogP contribution is -2.01. The second-order valence-electron chi connectivity index (χ2n) is 2.66. The maximum atomic E-state index is 10.8. The smallest absolute Gasteiger partial charge is 0.305 e. The van der Waals surface area contributed by atoms with Crippen molar-refractivity contribution in [2.75, 3.05) is 7.11 Å². The van der Waals surface area contributed by atoms with Crippen molar-refractivity contribution in [3.8, 4) is 0 Å². The molecule has 0 aromatic carbocycles. The van der Waals surface area contributed by atoms with Crippen LogP contribution in [0.25, 0.3) is 0 Å². The van der Waals surface area contributed by atoms with Gasteiger partial charge in [0.25, 0.3) is 0 Å². The molecule has 0 saturated heterocycles. The fourth-order valence-corrected chi connectivity index (χ4v) is 1.82. The Morgan fingerprint density at radius 1 is 1.69 bits per heavy atom. The van der Waals surface area contributed by atoms with Crippen LogP contribution in [0.3, 0.4) is 0 Å². The zero-order chi connectivity index (χ0) is 9.68. The van der Waals surface area contributed by atoms with Gasteiger partial charge in [0.15, 0.2) is 0 Å². The largest absolute Gasteiger partial charge is 0.469 e. The summed E-state index contributed by atoms with van der Waals surface area (Å²) in [5.41, 5.74) is 1.10. The molecule has 72 valence electrons. The van der Waals surface area contributed by atoms with Crippen molar-refractivity contribution in [1.29, 1.82) is 0 Å². The van der Waals surface area contributed by atoms with E-state index in [2.05, 4.69) is 16.6 Å². The van der Waals surface area contributed by atoms with Crippen LogP contribution in [-0.4, -0.2) is 18.1 Å². The van der Waals surface area contributed by atoms with Crippen molar-refractivity contribution < 1.29 is 9.53 Å². The number of hydrogen-bond donors (Lipinski definition) is 0. The highest BCUT2D eigenvalue weighted by Gasteiger charge is 2.04. The number of esters is 1. The maximum Gasteiger partial charge on any atom is 0.305 e. The van der Waals surface area contributed by atoms with Crippen LogP contribution in [0, 0.1) is 0 Å². The Kier molecular flexibility index (Phi) is 3.89. The third-order valence-electron chi connectivity index (χ3n) is 1.73. The summed E-state index contributed by atoms with van der Waals surface area (Å²) < 4.78 is 4.54. The molecule has 13 heavy (non-hydrogen) atoms. The molecule has 0 saturated carbocycles. The summed E-state index contributed by atoms with van der Waals surface area (Å²) in [4.78, 5) is 15.2. The van der Waals surface area contributed by atoms with Gasteiger partial charge in [0.05, 0.1) is 24.2 Å². The number of carbonyl (C=O) groups is 1. The predicted molar refractivity (Wildman–Crippen MR) is 51.8 cm³/mol. The lowest BCUT2D eigenvalue weighted by Gasteiger charge is -1.95. The van der Waals surface area contributed by atoms with E-state index < -0.39 is 0 Å². The fraction of sp³-hybridized carbons (Fsp3) is 0.556. The van der Waals surface area contributed by atoms with E-state index >= 15 is 0 Å². The molecule has 0 unspecified atom stereocenters. The van der Waals surface area contributed by atoms with Crippen molar-refractivity contribution in [2.24, 2.45) is 0 Å². The Bertz CT molecular complexity index is 283. The Labute approximate surface area is 81.8 Å². The minimum Gasteiger partial charge on any atom is -0.469 e. The van der Waals surface area contributed by atoms with Gasteiger partial charge in [0, 0.05) is 11.8 Å². The first kappa shape index (κ1) is 10.2. The molecular weight excluding hydrogens is 186 g/mol. The SMILES string of the molecule is CCc1csc(CCC(=O)OC)n1. The molecule has 1 aromatic heterocycles. The second kappa shape index (κ2) is 4.97. The van der Waals surface area contributed by atoms with E-state index in [0.29, 0.717) is 12.8 Å². The van der Waals surface area contributed by atoms with Gasteiger partial charge in [-0.25, -0.2) is 4.98 Å². The number of nitrogens with zero attached hydrogens (tertiary/aromatic N) is 1. The quantitative estimate of drug-likeness (QED) is 0.694. The van der Waals surface area contributed by atoms with Crippen LogP contribution in [0.5, 0.6) is 0 Å². The average Bonchev–Trinajstić information content (AvgIpc) is 2.61. The Balaban J connectivity index is 2.41. The summed E-state index contributed by atoms with van der Waals surface area (Å²) in [5, 5.41) is 3.05. The summed E-state index contributed by atoms with van der Waals surface area (Å²) in [6.07, 6.45) is 2.07. The molecule has 3 nitrogen and oxygen atoms in total. The minimum absolute atomic E-state index is 0.173.